The summed E-state index contributed by atoms with van der Waals surface area (Å²) in [6.07, 6.45) is 6.20. The van der Waals surface area contributed by atoms with Crippen LogP contribution >= 0.6 is 15.9 Å². The van der Waals surface area contributed by atoms with E-state index in [9.17, 15) is 28.4 Å². The summed E-state index contributed by atoms with van der Waals surface area (Å²) in [5.74, 6) is 0.403. The van der Waals surface area contributed by atoms with Gasteiger partial charge in [-0.2, -0.15) is 0 Å². The van der Waals surface area contributed by atoms with Gasteiger partial charge in [-0.05, 0) is 132 Å². The van der Waals surface area contributed by atoms with Crippen LogP contribution in [0.4, 0.5) is 17.1 Å². The second-order valence-corrected chi connectivity index (χ2v) is 19.9. The van der Waals surface area contributed by atoms with Crippen LogP contribution in [0.5, 0.6) is 0 Å². The van der Waals surface area contributed by atoms with E-state index in [1.807, 2.05) is 19.1 Å². The number of aliphatic hydroxyl groups is 1. The molecule has 2 saturated heterocycles. The summed E-state index contributed by atoms with van der Waals surface area (Å²) in [6.45, 7) is 13.4. The molecule has 2 heterocycles. The van der Waals surface area contributed by atoms with Gasteiger partial charge >= 0.3 is 0 Å². The highest BCUT2D eigenvalue weighted by Crippen LogP contribution is 2.57. The van der Waals surface area contributed by atoms with Gasteiger partial charge in [-0.15, -0.1) is 0 Å². The van der Waals surface area contributed by atoms with Crippen LogP contribution in [-0.2, 0) is 14.8 Å². The van der Waals surface area contributed by atoms with Crippen molar-refractivity contribution in [3.63, 3.8) is 0 Å². The van der Waals surface area contributed by atoms with Crippen LogP contribution in [0.15, 0.2) is 70.0 Å². The molecule has 0 bridgehead atoms. The van der Waals surface area contributed by atoms with Crippen molar-refractivity contribution in [3.05, 3.63) is 91.9 Å². The van der Waals surface area contributed by atoms with Crippen molar-refractivity contribution in [2.75, 3.05) is 49.6 Å². The predicted octanol–water partition coefficient (Wildman–Crippen LogP) is 8.02. The number of nitrogens with zero attached hydrogens (tertiary/aromatic N) is 3. The Morgan fingerprint density at radius 3 is 2.44 bits per heavy atom. The monoisotopic (exact) mass is 865 g/mol. The minimum atomic E-state index is -4.43. The Morgan fingerprint density at radius 1 is 1.05 bits per heavy atom. The molecule has 3 N–H and O–H groups in total. The van der Waals surface area contributed by atoms with Gasteiger partial charge in [0, 0.05) is 48.4 Å². The van der Waals surface area contributed by atoms with E-state index in [1.165, 1.54) is 29.7 Å². The van der Waals surface area contributed by atoms with E-state index in [2.05, 4.69) is 80.8 Å². The second kappa shape index (κ2) is 16.6. The number of carbonyl (C=O) groups is 1. The van der Waals surface area contributed by atoms with Crippen LogP contribution in [0.25, 0.3) is 0 Å². The number of nitro benzene ring substituents is 1. The molecule has 0 radical (unpaired) electrons. The summed E-state index contributed by atoms with van der Waals surface area (Å²) in [7, 11) is -4.43. The van der Waals surface area contributed by atoms with Crippen LogP contribution in [0, 0.1) is 27.4 Å². The number of piperidine rings is 1. The minimum Gasteiger partial charge on any atom is -0.390 e. The van der Waals surface area contributed by atoms with Crippen LogP contribution in [0.2, 0.25) is 0 Å². The number of halogens is 1. The molecule has 2 aliphatic carbocycles. The highest BCUT2D eigenvalue weighted by atomic mass is 79.9. The Bertz CT molecular complexity index is 2080. The first-order valence-electron chi connectivity index (χ1n) is 20.4. The SMILES string of the molecule is CC(C)c1ccccc1[C@@H]1COCCN1[C@H]1CC2(CCN(c3ccc(C(=O)NS(=O)(=O)c4ccc(NCC5CCC(C)(O)CC5)c([N+](=O)[O-])c4)c(Br)c3)CC2)[C@H]1C. The van der Waals surface area contributed by atoms with Crippen LogP contribution in [0.3, 0.4) is 0 Å². The molecule has 2 saturated carbocycles. The number of hydrogen-bond donors (Lipinski definition) is 3. The summed E-state index contributed by atoms with van der Waals surface area (Å²) in [5.41, 5.74) is 3.29. The van der Waals surface area contributed by atoms with E-state index in [0.29, 0.717) is 41.7 Å². The van der Waals surface area contributed by atoms with Crippen molar-refractivity contribution in [2.24, 2.45) is 17.3 Å². The molecule has 0 unspecified atom stereocenters. The van der Waals surface area contributed by atoms with Gasteiger partial charge < -0.3 is 20.1 Å². The quantitative estimate of drug-likeness (QED) is 0.128. The first-order valence-corrected chi connectivity index (χ1v) is 22.6. The highest BCUT2D eigenvalue weighted by molar-refractivity contribution is 9.10. The van der Waals surface area contributed by atoms with Gasteiger partial charge in [-0.25, -0.2) is 13.1 Å². The number of nitro groups is 1. The molecule has 3 aromatic carbocycles. The Balaban J connectivity index is 0.956. The maximum Gasteiger partial charge on any atom is 0.293 e. The van der Waals surface area contributed by atoms with E-state index < -0.39 is 32.1 Å². The summed E-state index contributed by atoms with van der Waals surface area (Å²) in [5, 5.41) is 25.3. The average molecular weight is 867 g/mol. The Hall–Kier alpha value is -3.56. The maximum atomic E-state index is 13.3. The molecule has 57 heavy (non-hydrogen) atoms. The molecule has 3 atom stereocenters. The van der Waals surface area contributed by atoms with Crippen LogP contribution < -0.4 is 14.9 Å². The molecule has 4 fully saturated rings. The lowest BCUT2D eigenvalue weighted by Gasteiger charge is -2.62. The van der Waals surface area contributed by atoms with Crippen LogP contribution in [-0.4, -0.2) is 80.3 Å². The topological polar surface area (TPSA) is 154 Å². The Labute approximate surface area is 345 Å². The lowest BCUT2D eigenvalue weighted by atomic mass is 9.53. The zero-order chi connectivity index (χ0) is 40.7. The van der Waals surface area contributed by atoms with Gasteiger partial charge in [0.05, 0.1) is 40.2 Å². The van der Waals surface area contributed by atoms with Gasteiger partial charge in [0.2, 0.25) is 0 Å². The van der Waals surface area contributed by atoms with E-state index in [4.69, 9.17) is 4.74 Å². The number of anilines is 2. The maximum absolute atomic E-state index is 13.3. The third-order valence-electron chi connectivity index (χ3n) is 13.5. The number of morpholine rings is 1. The lowest BCUT2D eigenvalue weighted by molar-refractivity contribution is -0.384. The van der Waals surface area contributed by atoms with Gasteiger partial charge in [0.25, 0.3) is 21.6 Å². The standard InChI is InChI=1S/C43H56BrN5O7S/c1-28(2)33-7-5-6-8-34(33)40-27-56-22-21-48(40)39-25-43(29(39)3)17-19-47(20-18-43)31-9-11-35(36(44)23-31)41(50)46-57(54,55)32-10-12-37(38(24-32)49(52)53)45-26-30-13-15-42(4,51)16-14-30/h5-12,23-24,28-30,39-40,45,51H,13-22,25-27H2,1-4H3,(H,46,50)/t29-,30?,39-,40-,42?/m0/s1. The molecular formula is C43H56BrN5O7S. The smallest absolute Gasteiger partial charge is 0.293 e. The molecular weight excluding hydrogens is 810 g/mol. The number of rotatable bonds is 11. The van der Waals surface area contributed by atoms with Gasteiger partial charge in [-0.1, -0.05) is 45.0 Å². The van der Waals surface area contributed by atoms with E-state index in [1.54, 1.807) is 6.07 Å². The summed E-state index contributed by atoms with van der Waals surface area (Å²) >= 11 is 3.51. The molecule has 308 valence electrons. The van der Waals surface area contributed by atoms with E-state index in [-0.39, 0.29) is 33.5 Å². The van der Waals surface area contributed by atoms with E-state index in [0.717, 1.165) is 70.3 Å². The molecule has 2 aliphatic heterocycles. The molecule has 14 heteroatoms. The second-order valence-electron chi connectivity index (χ2n) is 17.4. The molecule has 3 aromatic rings. The first kappa shape index (κ1) is 41.6. The highest BCUT2D eigenvalue weighted by Gasteiger charge is 2.55. The largest absolute Gasteiger partial charge is 0.390 e. The number of carbonyl (C=O) groups excluding carboxylic acids is 1. The minimum absolute atomic E-state index is 0.143. The fourth-order valence-electron chi connectivity index (χ4n) is 9.78. The number of benzene rings is 3. The Kier molecular flexibility index (Phi) is 12.1. The molecule has 1 spiro atoms. The zero-order valence-electron chi connectivity index (χ0n) is 33.4. The number of hydrogen-bond acceptors (Lipinski definition) is 10. The molecule has 1 amide bonds. The number of ether oxygens (including phenoxy) is 1. The number of sulfonamides is 1. The van der Waals surface area contributed by atoms with Crippen molar-refractivity contribution < 1.29 is 28.0 Å². The van der Waals surface area contributed by atoms with Crippen molar-refractivity contribution in [1.29, 1.82) is 0 Å². The van der Waals surface area contributed by atoms with Crippen molar-refractivity contribution >= 4 is 48.9 Å². The van der Waals surface area contributed by atoms with Crippen molar-refractivity contribution in [1.82, 2.24) is 9.62 Å². The van der Waals surface area contributed by atoms with Gasteiger partial charge in [0.1, 0.15) is 5.69 Å². The van der Waals surface area contributed by atoms with E-state index >= 15 is 0 Å². The first-order chi connectivity index (χ1) is 27.1. The Morgan fingerprint density at radius 2 is 1.77 bits per heavy atom. The molecule has 7 rings (SSSR count). The fraction of sp³-hybridized carbons (Fsp3) is 0.558. The third-order valence-corrected chi connectivity index (χ3v) is 15.5. The summed E-state index contributed by atoms with van der Waals surface area (Å²) in [6, 6.07) is 18.5. The van der Waals surface area contributed by atoms with Crippen molar-refractivity contribution in [3.8, 4) is 0 Å². The van der Waals surface area contributed by atoms with Crippen molar-refractivity contribution in [2.45, 2.75) is 101 Å². The molecule has 12 nitrogen and oxygen atoms in total. The van der Waals surface area contributed by atoms with Gasteiger partial charge in [0.15, 0.2) is 0 Å². The van der Waals surface area contributed by atoms with Gasteiger partial charge in [-0.3, -0.25) is 19.8 Å². The summed E-state index contributed by atoms with van der Waals surface area (Å²) in [4.78, 5) is 29.3. The number of amides is 1. The lowest BCUT2D eigenvalue weighted by Crippen LogP contribution is -2.63. The molecule has 4 aliphatic rings. The number of nitrogens with one attached hydrogen (secondary N) is 2. The summed E-state index contributed by atoms with van der Waals surface area (Å²) < 4.78 is 35.3. The average Bonchev–Trinajstić information content (AvgIpc) is 3.19. The normalized spacial score (nSPS) is 26.5. The van der Waals surface area contributed by atoms with Crippen LogP contribution in [0.1, 0.15) is 106 Å². The third kappa shape index (κ3) is 8.76. The fourth-order valence-corrected chi connectivity index (χ4v) is 11.3. The molecule has 0 aromatic heterocycles. The predicted molar refractivity (Wildman–Crippen MR) is 225 cm³/mol. The zero-order valence-corrected chi connectivity index (χ0v) is 35.8.